The Hall–Kier alpha value is -6.01. The van der Waals surface area contributed by atoms with Gasteiger partial charge in [0.2, 0.25) is 0 Å². The van der Waals surface area contributed by atoms with Crippen molar-refractivity contribution in [2.24, 2.45) is 5.41 Å². The van der Waals surface area contributed by atoms with Crippen molar-refractivity contribution in [2.45, 2.75) is 46.0 Å². The van der Waals surface area contributed by atoms with Crippen LogP contribution >= 0.6 is 11.3 Å². The van der Waals surface area contributed by atoms with Gasteiger partial charge in [-0.25, -0.2) is 22.5 Å². The number of benzene rings is 3. The number of allylic oxidation sites excluding steroid dienone is 1. The van der Waals surface area contributed by atoms with Crippen LogP contribution in [0.15, 0.2) is 105 Å². The molecule has 4 heterocycles. The largest absolute Gasteiger partial charge is 0.374 e. The van der Waals surface area contributed by atoms with E-state index < -0.39 is 23.1 Å². The van der Waals surface area contributed by atoms with Crippen LogP contribution in [0.2, 0.25) is 0 Å². The summed E-state index contributed by atoms with van der Waals surface area (Å²) < 4.78 is 54.7. The maximum absolute atomic E-state index is 13.9. The second kappa shape index (κ2) is 19.6. The quantitative estimate of drug-likeness (QED) is 0.0741. The highest BCUT2D eigenvalue weighted by Gasteiger charge is 2.43. The van der Waals surface area contributed by atoms with Crippen molar-refractivity contribution < 1.29 is 27.2 Å². The van der Waals surface area contributed by atoms with E-state index in [0.29, 0.717) is 46.1 Å². The van der Waals surface area contributed by atoms with E-state index >= 15 is 0 Å². The van der Waals surface area contributed by atoms with Crippen LogP contribution in [-0.2, 0) is 6.42 Å². The van der Waals surface area contributed by atoms with Gasteiger partial charge in [-0.2, -0.15) is 0 Å². The van der Waals surface area contributed by atoms with E-state index in [2.05, 4.69) is 53.8 Å². The molecule has 2 N–H and O–H groups in total. The number of amides is 1. The lowest BCUT2D eigenvalue weighted by Crippen LogP contribution is -2.57. The van der Waals surface area contributed by atoms with Crippen molar-refractivity contribution in [3.63, 3.8) is 0 Å². The number of aromatic nitrogens is 1. The number of hydrogen-bond acceptors (Lipinski definition) is 7. The van der Waals surface area contributed by atoms with Gasteiger partial charge in [-0.1, -0.05) is 26.0 Å². The molecule has 2 aliphatic rings. The third kappa shape index (κ3) is 10.4. The number of aldehydes is 1. The summed E-state index contributed by atoms with van der Waals surface area (Å²) in [7, 11) is 1.91. The molecule has 0 atom stereocenters. The highest BCUT2D eigenvalue weighted by molar-refractivity contribution is 7.16. The maximum atomic E-state index is 13.9. The van der Waals surface area contributed by atoms with Gasteiger partial charge >= 0.3 is 0 Å². The first-order valence-electron chi connectivity index (χ1n) is 19.3. The summed E-state index contributed by atoms with van der Waals surface area (Å²) in [6.07, 6.45) is 9.78. The molecule has 7 nitrogen and oxygen atoms in total. The van der Waals surface area contributed by atoms with Crippen LogP contribution in [0.5, 0.6) is 0 Å². The number of nitrogens with one attached hydrogen (secondary N) is 2. The Morgan fingerprint density at radius 3 is 2.29 bits per heavy atom. The van der Waals surface area contributed by atoms with Gasteiger partial charge in [0, 0.05) is 83.5 Å². The highest BCUT2D eigenvalue weighted by Crippen LogP contribution is 2.44. The predicted molar refractivity (Wildman–Crippen MR) is 235 cm³/mol. The molecule has 1 fully saturated rings. The molecular formula is C47H49F4N5O2S. The van der Waals surface area contributed by atoms with E-state index in [1.54, 1.807) is 30.3 Å². The number of carbonyl (C=O) groups is 2. The number of aryl methyl sites for hydroxylation is 1. The fourth-order valence-electron chi connectivity index (χ4n) is 7.40. The average Bonchev–Trinajstić information content (AvgIpc) is 3.59. The number of likely N-dealkylation sites (N-methyl/N-ethyl adjacent to an activating group) is 1. The number of hydrogen-bond donors (Lipinski definition) is 2. The summed E-state index contributed by atoms with van der Waals surface area (Å²) in [5.74, 6) is -2.79. The van der Waals surface area contributed by atoms with Gasteiger partial charge in [-0.05, 0) is 98.3 Å². The summed E-state index contributed by atoms with van der Waals surface area (Å²) in [4.78, 5) is 34.3. The molecule has 2 aromatic heterocycles. The van der Waals surface area contributed by atoms with Gasteiger partial charge < -0.3 is 20.4 Å². The average molecular weight is 824 g/mol. The van der Waals surface area contributed by atoms with E-state index in [9.17, 15) is 27.2 Å². The molecule has 1 amide bonds. The van der Waals surface area contributed by atoms with Crippen molar-refractivity contribution in [3.05, 3.63) is 156 Å². The number of fused-ring (bicyclic) bond motifs is 3. The normalized spacial score (nSPS) is 13.5. The predicted octanol–water partition coefficient (Wildman–Crippen LogP) is 11.9. The molecule has 0 bridgehead atoms. The summed E-state index contributed by atoms with van der Waals surface area (Å²) in [5, 5.41) is 5.54. The van der Waals surface area contributed by atoms with Crippen LogP contribution in [0.1, 0.15) is 69.3 Å². The number of thiophene rings is 1. The summed E-state index contributed by atoms with van der Waals surface area (Å²) in [6.45, 7) is 20.4. The fourth-order valence-corrected chi connectivity index (χ4v) is 8.57. The lowest BCUT2D eigenvalue weighted by atomic mass is 9.72. The number of anilines is 4. The van der Waals surface area contributed by atoms with Crippen molar-refractivity contribution in [3.8, 4) is 10.4 Å². The molecule has 1 saturated heterocycles. The Bertz CT molecular complexity index is 2300. The second-order valence-electron chi connectivity index (χ2n) is 14.7. The van der Waals surface area contributed by atoms with E-state index in [0.717, 1.165) is 78.1 Å². The zero-order valence-corrected chi connectivity index (χ0v) is 34.5. The summed E-state index contributed by atoms with van der Waals surface area (Å²) >= 11 is 1.41. The Morgan fingerprint density at radius 2 is 1.64 bits per heavy atom. The van der Waals surface area contributed by atoms with Crippen molar-refractivity contribution in [2.75, 3.05) is 47.1 Å². The molecule has 0 spiro atoms. The van der Waals surface area contributed by atoms with Crippen molar-refractivity contribution >= 4 is 52.1 Å². The van der Waals surface area contributed by atoms with Gasteiger partial charge in [-0.3, -0.25) is 9.59 Å². The van der Waals surface area contributed by atoms with Crippen LogP contribution in [-0.4, -0.2) is 43.9 Å². The molecule has 5 aromatic rings. The zero-order valence-electron chi connectivity index (χ0n) is 33.6. The smallest absolute Gasteiger partial charge is 0.259 e. The minimum absolute atomic E-state index is 0.186. The Kier molecular flexibility index (Phi) is 14.7. The van der Waals surface area contributed by atoms with Gasteiger partial charge in [0.15, 0.2) is 11.6 Å². The molecule has 308 valence electrons. The standard InChI is InChI=1S/C24H29N3O2.C21H16F4N2S.C2H4/c1-4-6-12-24(11-5-2)16-27(17-24)22-21(13-18(3)14-25-22)23(29)26-20-9-7-19(15-28)8-10-20;1-11(26-20-16(24)8-14(23)9-17(20)25)19-7-12-5-6-27(2)18-10-13(22)3-4-15(18)21(12)28-19;1-2/h4,7-10,13-15H,1,5-6,11-12,16-17H2,2-3H3,(H,26,29);3-4,7-10,26H,1,5-6H2,2H3;1-2H2. The topological polar surface area (TPSA) is 77.6 Å². The van der Waals surface area contributed by atoms with Crippen LogP contribution in [0.4, 0.5) is 40.4 Å². The van der Waals surface area contributed by atoms with Gasteiger partial charge in [0.1, 0.15) is 29.4 Å². The Balaban J connectivity index is 0.000000215. The van der Waals surface area contributed by atoms with E-state index in [-0.39, 0.29) is 17.1 Å². The number of rotatable bonds is 12. The van der Waals surface area contributed by atoms with Crippen LogP contribution in [0, 0.1) is 35.6 Å². The number of nitrogens with zero attached hydrogens (tertiary/aromatic N) is 3. The monoisotopic (exact) mass is 823 g/mol. The Morgan fingerprint density at radius 1 is 0.949 bits per heavy atom. The SMILES string of the molecule is C=C.C=C(Nc1c(F)cc(F)cc1F)c1cc2c(s1)-c1ccc(F)cc1N(C)CC2.C=CCCC1(CCC)CN(c2ncc(C)cc2C(=O)Nc2ccc(C=O)cc2)C1. The summed E-state index contributed by atoms with van der Waals surface area (Å²) in [5.41, 5.74) is 5.66. The molecule has 2 aliphatic heterocycles. The second-order valence-corrected chi connectivity index (χ2v) is 15.7. The third-order valence-electron chi connectivity index (χ3n) is 10.3. The molecule has 59 heavy (non-hydrogen) atoms. The van der Waals surface area contributed by atoms with E-state index in [1.807, 2.05) is 43.3 Å². The highest BCUT2D eigenvalue weighted by atomic mass is 32.1. The van der Waals surface area contributed by atoms with Crippen molar-refractivity contribution in [1.82, 2.24) is 4.98 Å². The minimum atomic E-state index is -1.03. The van der Waals surface area contributed by atoms with E-state index in [1.165, 1.54) is 29.9 Å². The summed E-state index contributed by atoms with van der Waals surface area (Å²) in [6, 6.07) is 16.5. The molecule has 0 radical (unpaired) electrons. The molecule has 0 saturated carbocycles. The van der Waals surface area contributed by atoms with Gasteiger partial charge in [-0.15, -0.1) is 31.1 Å². The zero-order chi connectivity index (χ0) is 42.9. The number of halogens is 4. The van der Waals surface area contributed by atoms with E-state index in [4.69, 9.17) is 0 Å². The molecular weight excluding hydrogens is 775 g/mol. The first-order chi connectivity index (χ1) is 28.3. The molecule has 7 rings (SSSR count). The molecule has 0 aliphatic carbocycles. The first kappa shape index (κ1) is 44.1. The third-order valence-corrected chi connectivity index (χ3v) is 11.6. The molecule has 12 heteroatoms. The maximum Gasteiger partial charge on any atom is 0.259 e. The lowest BCUT2D eigenvalue weighted by Gasteiger charge is -2.51. The van der Waals surface area contributed by atoms with Crippen LogP contribution in [0.25, 0.3) is 16.1 Å². The lowest BCUT2D eigenvalue weighted by molar-refractivity contribution is 0.102. The fraction of sp³-hybridized carbons (Fsp3) is 0.255. The Labute approximate surface area is 347 Å². The number of pyridine rings is 1. The molecule has 0 unspecified atom stereocenters. The van der Waals surface area contributed by atoms with Crippen LogP contribution < -0.4 is 20.4 Å². The first-order valence-corrected chi connectivity index (χ1v) is 20.1. The van der Waals surface area contributed by atoms with Gasteiger partial charge in [0.05, 0.1) is 10.4 Å². The minimum Gasteiger partial charge on any atom is -0.374 e. The number of carbonyl (C=O) groups excluding carboxylic acids is 2. The molecule has 3 aromatic carbocycles. The van der Waals surface area contributed by atoms with Gasteiger partial charge in [0.25, 0.3) is 5.91 Å². The van der Waals surface area contributed by atoms with Crippen molar-refractivity contribution in [1.29, 1.82) is 0 Å². The van der Waals surface area contributed by atoms with Crippen LogP contribution in [0.3, 0.4) is 0 Å².